The summed E-state index contributed by atoms with van der Waals surface area (Å²) in [6.07, 6.45) is 12.4. The molecule has 0 radical (unpaired) electrons. The second kappa shape index (κ2) is 6.87. The van der Waals surface area contributed by atoms with E-state index in [1.165, 1.54) is 31.4 Å². The first-order valence-corrected chi connectivity index (χ1v) is 10.0. The lowest BCUT2D eigenvalue weighted by Crippen LogP contribution is -2.18. The van der Waals surface area contributed by atoms with Gasteiger partial charge in [0.25, 0.3) is 0 Å². The normalized spacial score (nSPS) is 20.1. The zero-order chi connectivity index (χ0) is 18.2. The Morgan fingerprint density at radius 1 is 1.22 bits per heavy atom. The molecule has 3 aromatic rings. The van der Waals surface area contributed by atoms with Crippen LogP contribution in [0.25, 0.3) is 11.4 Å². The number of hydrogen-bond acceptors (Lipinski definition) is 6. The third kappa shape index (κ3) is 2.95. The van der Waals surface area contributed by atoms with Gasteiger partial charge in [-0.2, -0.15) is 4.98 Å². The van der Waals surface area contributed by atoms with E-state index in [1.807, 2.05) is 12.3 Å². The van der Waals surface area contributed by atoms with Gasteiger partial charge < -0.3 is 4.52 Å². The van der Waals surface area contributed by atoms with Crippen molar-refractivity contribution >= 4 is 0 Å². The molecule has 1 fully saturated rings. The van der Waals surface area contributed by atoms with Gasteiger partial charge in [-0.1, -0.05) is 30.1 Å². The molecule has 140 valence electrons. The Hall–Kier alpha value is -2.57. The average molecular weight is 364 g/mol. The van der Waals surface area contributed by atoms with Gasteiger partial charge >= 0.3 is 0 Å². The van der Waals surface area contributed by atoms with E-state index >= 15 is 0 Å². The van der Waals surface area contributed by atoms with Crippen LogP contribution in [0.1, 0.15) is 73.8 Å². The number of rotatable bonds is 4. The van der Waals surface area contributed by atoms with E-state index in [-0.39, 0.29) is 5.92 Å². The van der Waals surface area contributed by atoms with Gasteiger partial charge in [0.2, 0.25) is 11.7 Å². The fraction of sp³-hybridized carbons (Fsp3) is 0.550. The van der Waals surface area contributed by atoms with Gasteiger partial charge in [0.1, 0.15) is 0 Å². The summed E-state index contributed by atoms with van der Waals surface area (Å²) in [6.45, 7) is 2.11. The van der Waals surface area contributed by atoms with Crippen LogP contribution in [0.15, 0.2) is 23.0 Å². The fourth-order valence-electron chi connectivity index (χ4n) is 4.49. The first-order chi connectivity index (χ1) is 13.3. The Bertz CT molecular complexity index is 940. The van der Waals surface area contributed by atoms with E-state index in [1.54, 1.807) is 6.20 Å². The second-order valence-corrected chi connectivity index (χ2v) is 7.65. The molecule has 0 saturated heterocycles. The van der Waals surface area contributed by atoms with E-state index in [0.29, 0.717) is 11.9 Å². The van der Waals surface area contributed by atoms with Gasteiger partial charge in [0.05, 0.1) is 17.4 Å². The van der Waals surface area contributed by atoms with Gasteiger partial charge in [-0.3, -0.25) is 4.98 Å². The van der Waals surface area contributed by atoms with Crippen molar-refractivity contribution in [2.45, 2.75) is 70.3 Å². The van der Waals surface area contributed by atoms with Gasteiger partial charge in [-0.25, -0.2) is 4.68 Å². The van der Waals surface area contributed by atoms with Crippen molar-refractivity contribution in [3.8, 4) is 11.4 Å². The number of aromatic nitrogens is 6. The van der Waals surface area contributed by atoms with Crippen molar-refractivity contribution in [2.24, 2.45) is 0 Å². The van der Waals surface area contributed by atoms with Crippen molar-refractivity contribution in [2.75, 3.05) is 0 Å². The fourth-order valence-corrected chi connectivity index (χ4v) is 4.49. The molecule has 5 rings (SSSR count). The van der Waals surface area contributed by atoms with Crippen LogP contribution < -0.4 is 0 Å². The summed E-state index contributed by atoms with van der Waals surface area (Å²) in [5, 5.41) is 13.2. The first kappa shape index (κ1) is 16.6. The molecule has 0 bridgehead atoms. The lowest BCUT2D eigenvalue weighted by molar-refractivity contribution is 0.334. The van der Waals surface area contributed by atoms with E-state index < -0.39 is 0 Å². The highest BCUT2D eigenvalue weighted by Crippen LogP contribution is 2.36. The molecule has 3 aromatic heterocycles. The molecule has 27 heavy (non-hydrogen) atoms. The van der Waals surface area contributed by atoms with Crippen LogP contribution >= 0.6 is 0 Å². The maximum atomic E-state index is 5.68. The van der Waals surface area contributed by atoms with Crippen LogP contribution in [0.4, 0.5) is 0 Å². The number of fused-ring (bicyclic) bond motifs is 1. The number of aryl methyl sites for hydroxylation is 2. The molecular formula is C20H24N6O. The highest BCUT2D eigenvalue weighted by atomic mass is 16.5. The largest absolute Gasteiger partial charge is 0.339 e. The van der Waals surface area contributed by atoms with Crippen LogP contribution in [0, 0.1) is 0 Å². The summed E-state index contributed by atoms with van der Waals surface area (Å²) in [6, 6.07) is 2.48. The van der Waals surface area contributed by atoms with E-state index in [9.17, 15) is 0 Å². The maximum Gasteiger partial charge on any atom is 0.230 e. The summed E-state index contributed by atoms with van der Waals surface area (Å²) in [7, 11) is 0. The van der Waals surface area contributed by atoms with Crippen LogP contribution in [0.2, 0.25) is 0 Å². The van der Waals surface area contributed by atoms with E-state index in [2.05, 4.69) is 32.1 Å². The van der Waals surface area contributed by atoms with Crippen molar-refractivity contribution < 1.29 is 4.52 Å². The molecule has 7 nitrogen and oxygen atoms in total. The molecule has 1 unspecified atom stereocenters. The third-order valence-corrected chi connectivity index (χ3v) is 6.03. The monoisotopic (exact) mass is 364 g/mol. The number of hydrogen-bond donors (Lipinski definition) is 0. The highest BCUT2D eigenvalue weighted by molar-refractivity contribution is 5.58. The van der Waals surface area contributed by atoms with Crippen LogP contribution in [0.5, 0.6) is 0 Å². The SMILES string of the molecule is CCc1cnccc1-c1noc(C2CCc3nnn(C4CCCC4)c3C2)n1. The van der Waals surface area contributed by atoms with Crippen molar-refractivity contribution in [3.63, 3.8) is 0 Å². The lowest BCUT2D eigenvalue weighted by atomic mass is 9.89. The predicted octanol–water partition coefficient (Wildman–Crippen LogP) is 3.67. The molecule has 1 saturated carbocycles. The minimum atomic E-state index is 0.240. The number of pyridine rings is 1. The smallest absolute Gasteiger partial charge is 0.230 e. The average Bonchev–Trinajstić information content (AvgIpc) is 3.47. The molecule has 0 amide bonds. The van der Waals surface area contributed by atoms with Gasteiger partial charge in [-0.15, -0.1) is 5.10 Å². The predicted molar refractivity (Wildman–Crippen MR) is 99.2 cm³/mol. The summed E-state index contributed by atoms with van der Waals surface area (Å²) >= 11 is 0. The molecule has 7 heteroatoms. The molecule has 3 heterocycles. The van der Waals surface area contributed by atoms with Gasteiger partial charge in [0, 0.05) is 30.3 Å². The van der Waals surface area contributed by atoms with E-state index in [0.717, 1.165) is 48.4 Å². The molecule has 0 aromatic carbocycles. The number of nitrogens with zero attached hydrogens (tertiary/aromatic N) is 6. The van der Waals surface area contributed by atoms with Crippen LogP contribution in [0.3, 0.4) is 0 Å². The van der Waals surface area contributed by atoms with Crippen molar-refractivity contribution in [1.82, 2.24) is 30.1 Å². The second-order valence-electron chi connectivity index (χ2n) is 7.65. The Kier molecular flexibility index (Phi) is 4.22. The summed E-state index contributed by atoms with van der Waals surface area (Å²) in [5.74, 6) is 1.63. The Morgan fingerprint density at radius 3 is 2.96 bits per heavy atom. The highest BCUT2D eigenvalue weighted by Gasteiger charge is 2.31. The quantitative estimate of drug-likeness (QED) is 0.702. The topological polar surface area (TPSA) is 82.5 Å². The maximum absolute atomic E-state index is 5.68. The molecular weight excluding hydrogens is 340 g/mol. The molecule has 2 aliphatic rings. The molecule has 0 aliphatic heterocycles. The Labute approximate surface area is 158 Å². The van der Waals surface area contributed by atoms with Gasteiger partial charge in [-0.05, 0) is 43.7 Å². The Balaban J connectivity index is 1.41. The zero-order valence-corrected chi connectivity index (χ0v) is 15.6. The van der Waals surface area contributed by atoms with E-state index in [4.69, 9.17) is 9.51 Å². The van der Waals surface area contributed by atoms with Crippen molar-refractivity contribution in [1.29, 1.82) is 0 Å². The van der Waals surface area contributed by atoms with Crippen LogP contribution in [-0.4, -0.2) is 30.1 Å². The Morgan fingerprint density at radius 2 is 2.11 bits per heavy atom. The summed E-state index contributed by atoms with van der Waals surface area (Å²) in [4.78, 5) is 8.94. The minimum Gasteiger partial charge on any atom is -0.339 e. The molecule has 2 aliphatic carbocycles. The summed E-state index contributed by atoms with van der Waals surface area (Å²) in [5.41, 5.74) is 4.58. The van der Waals surface area contributed by atoms with Crippen LogP contribution in [-0.2, 0) is 19.3 Å². The summed E-state index contributed by atoms with van der Waals surface area (Å²) < 4.78 is 7.87. The minimum absolute atomic E-state index is 0.240. The third-order valence-electron chi connectivity index (χ3n) is 6.03. The zero-order valence-electron chi connectivity index (χ0n) is 15.6. The molecule has 0 N–H and O–H groups in total. The van der Waals surface area contributed by atoms with Gasteiger partial charge in [0.15, 0.2) is 0 Å². The van der Waals surface area contributed by atoms with Crippen molar-refractivity contribution in [3.05, 3.63) is 41.3 Å². The molecule has 0 spiro atoms. The molecule has 1 atom stereocenters. The lowest BCUT2D eigenvalue weighted by Gasteiger charge is -2.21. The standard InChI is InChI=1S/C20H24N6O/c1-2-13-12-21-10-9-16(13)19-22-20(27-24-19)14-7-8-17-18(11-14)26(25-23-17)15-5-3-4-6-15/h9-10,12,14-15H,2-8,11H2,1H3. The first-order valence-electron chi connectivity index (χ1n) is 10.0.